The standard InChI is InChI=1S/C29H33BrN2O3/c1-21(2)18-31-29(34)27(17-23-9-5-4-6-10-23)32(19-24-11-7-8-22(3)16-24)28(33)20-35-26-14-12-25(30)13-15-26/h4-16,21,27H,17-20H2,1-3H3,(H,31,34)/t27-/m0/s1. The average molecular weight is 537 g/mol. The number of carbonyl (C=O) groups is 2. The summed E-state index contributed by atoms with van der Waals surface area (Å²) in [4.78, 5) is 28.6. The Morgan fingerprint density at radius 2 is 1.63 bits per heavy atom. The molecule has 2 amide bonds. The van der Waals surface area contributed by atoms with Crippen molar-refractivity contribution in [3.05, 3.63) is 100 Å². The van der Waals surface area contributed by atoms with Crippen molar-refractivity contribution >= 4 is 27.7 Å². The zero-order valence-corrected chi connectivity index (χ0v) is 22.1. The number of hydrogen-bond acceptors (Lipinski definition) is 3. The van der Waals surface area contributed by atoms with Gasteiger partial charge < -0.3 is 15.0 Å². The Balaban J connectivity index is 1.89. The van der Waals surface area contributed by atoms with E-state index in [2.05, 4.69) is 21.2 Å². The van der Waals surface area contributed by atoms with Crippen molar-refractivity contribution in [2.24, 2.45) is 5.92 Å². The van der Waals surface area contributed by atoms with Gasteiger partial charge in [-0.25, -0.2) is 0 Å². The third-order valence-electron chi connectivity index (χ3n) is 5.57. The summed E-state index contributed by atoms with van der Waals surface area (Å²) in [5.41, 5.74) is 3.06. The molecule has 0 saturated carbocycles. The molecule has 35 heavy (non-hydrogen) atoms. The van der Waals surface area contributed by atoms with E-state index in [9.17, 15) is 9.59 Å². The van der Waals surface area contributed by atoms with Crippen LogP contribution in [0.3, 0.4) is 0 Å². The topological polar surface area (TPSA) is 58.6 Å². The number of benzene rings is 3. The van der Waals surface area contributed by atoms with E-state index in [1.54, 1.807) is 17.0 Å². The molecule has 184 valence electrons. The fourth-order valence-corrected chi connectivity index (χ4v) is 4.01. The van der Waals surface area contributed by atoms with Crippen molar-refractivity contribution < 1.29 is 14.3 Å². The molecule has 6 heteroatoms. The highest BCUT2D eigenvalue weighted by Gasteiger charge is 2.30. The first-order chi connectivity index (χ1) is 16.8. The molecule has 0 spiro atoms. The van der Waals surface area contributed by atoms with Crippen molar-refractivity contribution in [1.29, 1.82) is 0 Å². The minimum absolute atomic E-state index is 0.157. The Bertz CT molecular complexity index is 1100. The van der Waals surface area contributed by atoms with Gasteiger partial charge in [0.25, 0.3) is 5.91 Å². The van der Waals surface area contributed by atoms with Gasteiger partial charge in [0.1, 0.15) is 11.8 Å². The molecule has 0 bridgehead atoms. The second kappa shape index (κ2) is 13.1. The molecule has 5 nitrogen and oxygen atoms in total. The number of hydrogen-bond donors (Lipinski definition) is 1. The minimum Gasteiger partial charge on any atom is -0.484 e. The molecular formula is C29H33BrN2O3. The first-order valence-electron chi connectivity index (χ1n) is 11.9. The summed E-state index contributed by atoms with van der Waals surface area (Å²) in [6, 6.07) is 24.5. The summed E-state index contributed by atoms with van der Waals surface area (Å²) in [5.74, 6) is 0.501. The lowest BCUT2D eigenvalue weighted by atomic mass is 10.0. The molecule has 1 atom stereocenters. The van der Waals surface area contributed by atoms with Crippen LogP contribution in [0.5, 0.6) is 5.75 Å². The van der Waals surface area contributed by atoms with Gasteiger partial charge in [0, 0.05) is 24.0 Å². The van der Waals surface area contributed by atoms with Crippen LogP contribution in [-0.4, -0.2) is 35.9 Å². The van der Waals surface area contributed by atoms with Gasteiger partial charge in [-0.3, -0.25) is 9.59 Å². The highest BCUT2D eigenvalue weighted by Crippen LogP contribution is 2.19. The van der Waals surface area contributed by atoms with Gasteiger partial charge in [-0.05, 0) is 48.2 Å². The van der Waals surface area contributed by atoms with Crippen molar-refractivity contribution in [1.82, 2.24) is 10.2 Å². The zero-order chi connectivity index (χ0) is 25.2. The van der Waals surface area contributed by atoms with Crippen LogP contribution in [0.2, 0.25) is 0 Å². The molecule has 3 aromatic carbocycles. The lowest BCUT2D eigenvalue weighted by Gasteiger charge is -2.31. The molecule has 0 aromatic heterocycles. The van der Waals surface area contributed by atoms with Gasteiger partial charge in [-0.1, -0.05) is 89.9 Å². The molecule has 3 aromatic rings. The molecule has 0 saturated heterocycles. The van der Waals surface area contributed by atoms with Crippen molar-refractivity contribution in [3.63, 3.8) is 0 Å². The lowest BCUT2D eigenvalue weighted by molar-refractivity contribution is -0.142. The molecule has 0 aliphatic carbocycles. The fraction of sp³-hybridized carbons (Fsp3) is 0.310. The van der Waals surface area contributed by atoms with Gasteiger partial charge in [0.15, 0.2) is 6.61 Å². The summed E-state index contributed by atoms with van der Waals surface area (Å²) in [6.45, 7) is 6.82. The van der Waals surface area contributed by atoms with Crippen LogP contribution in [0, 0.1) is 12.8 Å². The Morgan fingerprint density at radius 3 is 2.29 bits per heavy atom. The molecule has 1 N–H and O–H groups in total. The van der Waals surface area contributed by atoms with Crippen molar-refractivity contribution in [2.45, 2.75) is 39.8 Å². The molecule has 0 unspecified atom stereocenters. The smallest absolute Gasteiger partial charge is 0.261 e. The molecular weight excluding hydrogens is 504 g/mol. The maximum absolute atomic E-state index is 13.6. The maximum Gasteiger partial charge on any atom is 0.261 e. The third-order valence-corrected chi connectivity index (χ3v) is 6.10. The first-order valence-corrected chi connectivity index (χ1v) is 12.7. The van der Waals surface area contributed by atoms with E-state index in [4.69, 9.17) is 4.74 Å². The normalized spacial score (nSPS) is 11.7. The molecule has 0 aliphatic rings. The Hall–Kier alpha value is -3.12. The number of aryl methyl sites for hydroxylation is 1. The number of nitrogens with zero attached hydrogens (tertiary/aromatic N) is 1. The van der Waals surface area contributed by atoms with Crippen LogP contribution in [0.25, 0.3) is 0 Å². The van der Waals surface area contributed by atoms with E-state index in [0.717, 1.165) is 21.2 Å². The van der Waals surface area contributed by atoms with E-state index in [1.807, 2.05) is 87.5 Å². The van der Waals surface area contributed by atoms with E-state index in [0.29, 0.717) is 31.2 Å². The average Bonchev–Trinajstić information content (AvgIpc) is 2.85. The van der Waals surface area contributed by atoms with E-state index in [1.165, 1.54) is 0 Å². The van der Waals surface area contributed by atoms with Gasteiger partial charge in [-0.15, -0.1) is 0 Å². The van der Waals surface area contributed by atoms with Crippen LogP contribution in [-0.2, 0) is 22.6 Å². The second-order valence-corrected chi connectivity index (χ2v) is 10.0. The Labute approximate surface area is 216 Å². The van der Waals surface area contributed by atoms with E-state index in [-0.39, 0.29) is 18.4 Å². The Kier molecular flexibility index (Phi) is 9.91. The lowest BCUT2D eigenvalue weighted by Crippen LogP contribution is -2.52. The monoisotopic (exact) mass is 536 g/mol. The van der Waals surface area contributed by atoms with Crippen LogP contribution < -0.4 is 10.1 Å². The van der Waals surface area contributed by atoms with Crippen molar-refractivity contribution in [3.8, 4) is 5.75 Å². The quantitative estimate of drug-likeness (QED) is 0.349. The van der Waals surface area contributed by atoms with Crippen molar-refractivity contribution in [2.75, 3.05) is 13.2 Å². The molecule has 0 radical (unpaired) electrons. The maximum atomic E-state index is 13.6. The predicted molar refractivity (Wildman–Crippen MR) is 143 cm³/mol. The van der Waals surface area contributed by atoms with Crippen LogP contribution in [0.1, 0.15) is 30.5 Å². The van der Waals surface area contributed by atoms with Gasteiger partial charge in [0.2, 0.25) is 5.91 Å². The number of ether oxygens (including phenoxy) is 1. The summed E-state index contributed by atoms with van der Waals surface area (Å²) >= 11 is 3.41. The summed E-state index contributed by atoms with van der Waals surface area (Å²) < 4.78 is 6.73. The SMILES string of the molecule is Cc1cccc(CN(C(=O)COc2ccc(Br)cc2)[C@@H](Cc2ccccc2)C(=O)NCC(C)C)c1. The van der Waals surface area contributed by atoms with E-state index < -0.39 is 6.04 Å². The number of halogens is 1. The summed E-state index contributed by atoms with van der Waals surface area (Å²) in [5, 5.41) is 3.04. The van der Waals surface area contributed by atoms with Gasteiger partial charge in [-0.2, -0.15) is 0 Å². The highest BCUT2D eigenvalue weighted by molar-refractivity contribution is 9.10. The molecule has 0 fully saturated rings. The number of nitrogens with one attached hydrogen (secondary N) is 1. The molecule has 0 heterocycles. The minimum atomic E-state index is -0.669. The Morgan fingerprint density at radius 1 is 0.943 bits per heavy atom. The number of rotatable bonds is 11. The number of amides is 2. The summed E-state index contributed by atoms with van der Waals surface area (Å²) in [6.07, 6.45) is 0.417. The van der Waals surface area contributed by atoms with E-state index >= 15 is 0 Å². The zero-order valence-electron chi connectivity index (χ0n) is 20.5. The largest absolute Gasteiger partial charge is 0.484 e. The first kappa shape index (κ1) is 26.5. The predicted octanol–water partition coefficient (Wildman–Crippen LogP) is 5.55. The molecule has 3 rings (SSSR count). The van der Waals surface area contributed by atoms with Crippen LogP contribution >= 0.6 is 15.9 Å². The fourth-order valence-electron chi connectivity index (χ4n) is 3.74. The second-order valence-electron chi connectivity index (χ2n) is 9.10. The van der Waals surface area contributed by atoms with Gasteiger partial charge in [0.05, 0.1) is 0 Å². The number of carbonyl (C=O) groups excluding carboxylic acids is 2. The summed E-state index contributed by atoms with van der Waals surface area (Å²) in [7, 11) is 0. The van der Waals surface area contributed by atoms with Crippen LogP contribution in [0.4, 0.5) is 0 Å². The highest BCUT2D eigenvalue weighted by atomic mass is 79.9. The van der Waals surface area contributed by atoms with Crippen LogP contribution in [0.15, 0.2) is 83.3 Å². The molecule has 0 aliphatic heterocycles. The third kappa shape index (κ3) is 8.55. The van der Waals surface area contributed by atoms with Gasteiger partial charge >= 0.3 is 0 Å².